The van der Waals surface area contributed by atoms with E-state index in [0.717, 1.165) is 24.6 Å². The molecule has 0 fully saturated rings. The van der Waals surface area contributed by atoms with Crippen molar-refractivity contribution < 1.29 is 17.9 Å². The van der Waals surface area contributed by atoms with E-state index in [2.05, 4.69) is 25.4 Å². The van der Waals surface area contributed by atoms with Crippen LogP contribution in [0, 0.1) is 0 Å². The van der Waals surface area contributed by atoms with E-state index in [-0.39, 0.29) is 6.10 Å². The predicted molar refractivity (Wildman–Crippen MR) is 69.3 cm³/mol. The zero-order valence-electron chi connectivity index (χ0n) is 10.0. The van der Waals surface area contributed by atoms with Crippen molar-refractivity contribution in [1.82, 2.24) is 9.44 Å². The van der Waals surface area contributed by atoms with Crippen molar-refractivity contribution in [2.75, 3.05) is 11.9 Å². The minimum absolute atomic E-state index is 0.303. The number of rotatable bonds is 8. The van der Waals surface area contributed by atoms with Crippen LogP contribution >= 0.6 is 15.9 Å². The van der Waals surface area contributed by atoms with Gasteiger partial charge in [0, 0.05) is 11.9 Å². The fraction of sp³-hybridized carbons (Fsp3) is 0.889. The summed E-state index contributed by atoms with van der Waals surface area (Å²) in [7, 11) is -3.80. The van der Waals surface area contributed by atoms with E-state index in [1.54, 1.807) is 18.6 Å². The van der Waals surface area contributed by atoms with Crippen LogP contribution in [0.25, 0.3) is 0 Å². The predicted octanol–water partition coefficient (Wildman–Crippen LogP) is 1.52. The highest BCUT2D eigenvalue weighted by molar-refractivity contribution is 9.09. The van der Waals surface area contributed by atoms with Crippen molar-refractivity contribution in [3.05, 3.63) is 0 Å². The van der Waals surface area contributed by atoms with E-state index in [9.17, 15) is 13.2 Å². The normalized spacial score (nSPS) is 11.5. The summed E-state index contributed by atoms with van der Waals surface area (Å²) in [5.74, 6) is 0. The molecule has 102 valence electrons. The van der Waals surface area contributed by atoms with Gasteiger partial charge in [0.1, 0.15) is 0 Å². The summed E-state index contributed by atoms with van der Waals surface area (Å²) in [6.45, 7) is 3.58. The molecule has 1 amide bonds. The fourth-order valence-corrected chi connectivity index (χ4v) is 2.14. The molecule has 0 saturated heterocycles. The maximum absolute atomic E-state index is 11.3. The number of halogens is 1. The zero-order chi connectivity index (χ0) is 13.3. The Morgan fingerprint density at radius 2 is 1.94 bits per heavy atom. The number of hydrogen-bond donors (Lipinski definition) is 2. The lowest BCUT2D eigenvalue weighted by Crippen LogP contribution is -2.41. The second-order valence-corrected chi connectivity index (χ2v) is 6.00. The molecule has 0 spiro atoms. The van der Waals surface area contributed by atoms with Gasteiger partial charge in [-0.2, -0.15) is 13.1 Å². The minimum Gasteiger partial charge on any atom is -0.446 e. The Morgan fingerprint density at radius 3 is 2.47 bits per heavy atom. The molecule has 2 N–H and O–H groups in total. The first kappa shape index (κ1) is 16.7. The summed E-state index contributed by atoms with van der Waals surface area (Å²) in [5, 5.41) is 0.902. The van der Waals surface area contributed by atoms with Gasteiger partial charge in [0.05, 0.1) is 6.10 Å². The van der Waals surface area contributed by atoms with Gasteiger partial charge in [0.25, 0.3) is 0 Å². The number of carbonyl (C=O) groups excluding carboxylic acids is 1. The number of alkyl halides is 1. The number of carbonyl (C=O) groups is 1. The molecule has 0 bridgehead atoms. The lowest BCUT2D eigenvalue weighted by molar-refractivity contribution is 0.121. The van der Waals surface area contributed by atoms with Gasteiger partial charge in [-0.05, 0) is 26.7 Å². The molecule has 0 aliphatic carbocycles. The van der Waals surface area contributed by atoms with Gasteiger partial charge in [-0.25, -0.2) is 9.52 Å². The van der Waals surface area contributed by atoms with E-state index in [0.29, 0.717) is 6.54 Å². The third-order valence-electron chi connectivity index (χ3n) is 1.66. The van der Waals surface area contributed by atoms with Gasteiger partial charge < -0.3 is 4.74 Å². The lowest BCUT2D eigenvalue weighted by Gasteiger charge is -2.10. The van der Waals surface area contributed by atoms with Crippen LogP contribution in [0.2, 0.25) is 0 Å². The highest BCUT2D eigenvalue weighted by Crippen LogP contribution is 1.97. The number of nitrogens with one attached hydrogen (secondary N) is 2. The van der Waals surface area contributed by atoms with Crippen molar-refractivity contribution in [2.45, 2.75) is 39.2 Å². The topological polar surface area (TPSA) is 84.5 Å². The van der Waals surface area contributed by atoms with Crippen LogP contribution in [0.5, 0.6) is 0 Å². The van der Waals surface area contributed by atoms with E-state index in [4.69, 9.17) is 0 Å². The molecule has 0 rings (SSSR count). The van der Waals surface area contributed by atoms with Gasteiger partial charge in [-0.1, -0.05) is 22.4 Å². The number of unbranched alkanes of at least 4 members (excludes halogenated alkanes) is 2. The first-order valence-electron chi connectivity index (χ1n) is 5.41. The van der Waals surface area contributed by atoms with Crippen molar-refractivity contribution in [3.8, 4) is 0 Å². The lowest BCUT2D eigenvalue weighted by atomic mass is 10.3. The molecule has 0 aromatic heterocycles. The van der Waals surface area contributed by atoms with E-state index < -0.39 is 16.3 Å². The summed E-state index contributed by atoms with van der Waals surface area (Å²) in [4.78, 5) is 11.0. The number of amides is 1. The number of ether oxygens (including phenoxy) is 1. The Labute approximate surface area is 111 Å². The van der Waals surface area contributed by atoms with Crippen LogP contribution in [0.1, 0.15) is 33.1 Å². The molecule has 8 heteroatoms. The highest BCUT2D eigenvalue weighted by atomic mass is 79.9. The molecule has 0 atom stereocenters. The van der Waals surface area contributed by atoms with Crippen LogP contribution in [0.4, 0.5) is 4.79 Å². The van der Waals surface area contributed by atoms with E-state index >= 15 is 0 Å². The molecule has 0 aliphatic heterocycles. The van der Waals surface area contributed by atoms with Crippen molar-refractivity contribution in [2.24, 2.45) is 0 Å². The van der Waals surface area contributed by atoms with Crippen LogP contribution in [-0.2, 0) is 14.9 Å². The van der Waals surface area contributed by atoms with Gasteiger partial charge >= 0.3 is 16.3 Å². The Kier molecular flexibility index (Phi) is 8.53. The molecule has 0 saturated carbocycles. The van der Waals surface area contributed by atoms with Crippen LogP contribution in [-0.4, -0.2) is 32.5 Å². The third-order valence-corrected chi connectivity index (χ3v) is 3.24. The molecule has 0 radical (unpaired) electrons. The molecule has 0 aliphatic rings. The fourth-order valence-electron chi connectivity index (χ4n) is 0.987. The smallest absolute Gasteiger partial charge is 0.422 e. The Hall–Kier alpha value is -0.340. The maximum atomic E-state index is 11.3. The molecule has 0 aromatic carbocycles. The summed E-state index contributed by atoms with van der Waals surface area (Å²) < 4.78 is 31.3. The molecular weight excluding hydrogens is 312 g/mol. The summed E-state index contributed by atoms with van der Waals surface area (Å²) in [6.07, 6.45) is 1.32. The molecule has 17 heavy (non-hydrogen) atoms. The molecule has 0 unspecified atom stereocenters. The summed E-state index contributed by atoms with van der Waals surface area (Å²) >= 11 is 3.28. The molecular formula is C9H19BrN2O4S. The average molecular weight is 331 g/mol. The van der Waals surface area contributed by atoms with E-state index in [1.165, 1.54) is 0 Å². The van der Waals surface area contributed by atoms with Crippen LogP contribution < -0.4 is 9.44 Å². The Balaban J connectivity index is 3.84. The van der Waals surface area contributed by atoms with Gasteiger partial charge in [-0.15, -0.1) is 0 Å². The average Bonchev–Trinajstić information content (AvgIpc) is 2.14. The first-order valence-corrected chi connectivity index (χ1v) is 8.02. The van der Waals surface area contributed by atoms with Gasteiger partial charge in [0.15, 0.2) is 0 Å². The van der Waals surface area contributed by atoms with Gasteiger partial charge in [0.2, 0.25) is 0 Å². The second-order valence-electron chi connectivity index (χ2n) is 3.70. The first-order chi connectivity index (χ1) is 7.87. The quantitative estimate of drug-likeness (QED) is 0.522. The summed E-state index contributed by atoms with van der Waals surface area (Å²) in [6, 6.07) is 0. The van der Waals surface area contributed by atoms with Gasteiger partial charge in [-0.3, -0.25) is 0 Å². The van der Waals surface area contributed by atoms with E-state index in [1.807, 2.05) is 0 Å². The maximum Gasteiger partial charge on any atom is 0.422 e. The SMILES string of the molecule is CC(C)OC(=O)NS(=O)(=O)NCCCCCBr. The molecule has 0 aromatic rings. The highest BCUT2D eigenvalue weighted by Gasteiger charge is 2.15. The Bertz CT molecular complexity index is 319. The number of hydrogen-bond acceptors (Lipinski definition) is 4. The zero-order valence-corrected chi connectivity index (χ0v) is 12.4. The Morgan fingerprint density at radius 1 is 1.29 bits per heavy atom. The monoisotopic (exact) mass is 330 g/mol. The third kappa shape index (κ3) is 10.5. The van der Waals surface area contributed by atoms with Crippen molar-refractivity contribution in [3.63, 3.8) is 0 Å². The summed E-state index contributed by atoms with van der Waals surface area (Å²) in [5.41, 5.74) is 0. The molecule has 6 nitrogen and oxygen atoms in total. The largest absolute Gasteiger partial charge is 0.446 e. The minimum atomic E-state index is -3.80. The van der Waals surface area contributed by atoms with Crippen LogP contribution in [0.3, 0.4) is 0 Å². The van der Waals surface area contributed by atoms with Crippen molar-refractivity contribution >= 4 is 32.2 Å². The molecule has 0 heterocycles. The van der Waals surface area contributed by atoms with Crippen LogP contribution in [0.15, 0.2) is 0 Å². The standard InChI is InChI=1S/C9H19BrN2O4S/c1-8(2)16-9(13)12-17(14,15)11-7-5-3-4-6-10/h8,11H,3-7H2,1-2H3,(H,12,13). The second kappa shape index (κ2) is 8.71. The van der Waals surface area contributed by atoms with Crippen molar-refractivity contribution in [1.29, 1.82) is 0 Å².